The van der Waals surface area contributed by atoms with Crippen LogP contribution < -0.4 is 11.1 Å². The van der Waals surface area contributed by atoms with Crippen LogP contribution in [-0.2, 0) is 6.42 Å². The summed E-state index contributed by atoms with van der Waals surface area (Å²) in [5.74, 6) is 1.34. The Morgan fingerprint density at radius 2 is 2.31 bits per heavy atom. The second-order valence-corrected chi connectivity index (χ2v) is 5.59. The van der Waals surface area contributed by atoms with E-state index in [2.05, 4.69) is 24.1 Å². The van der Waals surface area contributed by atoms with Crippen LogP contribution in [0.2, 0.25) is 0 Å². The Bertz CT molecular complexity index is 259. The van der Waals surface area contributed by atoms with Crippen molar-refractivity contribution in [1.29, 1.82) is 0 Å². The van der Waals surface area contributed by atoms with Crippen LogP contribution in [0.15, 0.2) is 11.6 Å². The molecule has 1 rings (SSSR count). The van der Waals surface area contributed by atoms with Gasteiger partial charge in [-0.3, -0.25) is 0 Å². The van der Waals surface area contributed by atoms with E-state index < -0.39 is 0 Å². The predicted octanol–water partition coefficient (Wildman–Crippen LogP) is 1.90. The average molecular weight is 241 g/mol. The van der Waals surface area contributed by atoms with Gasteiger partial charge in [-0.25, -0.2) is 4.98 Å². The van der Waals surface area contributed by atoms with Crippen molar-refractivity contribution < 1.29 is 0 Å². The molecular weight excluding hydrogens is 218 g/mol. The fourth-order valence-corrected chi connectivity index (χ4v) is 2.43. The van der Waals surface area contributed by atoms with Crippen molar-refractivity contribution in [2.75, 3.05) is 19.6 Å². The highest BCUT2D eigenvalue weighted by atomic mass is 32.1. The Hall–Kier alpha value is -0.450. The number of nitrogens with zero attached hydrogens (tertiary/aromatic N) is 1. The van der Waals surface area contributed by atoms with E-state index in [9.17, 15) is 0 Å². The summed E-state index contributed by atoms with van der Waals surface area (Å²) in [5.41, 5.74) is 5.75. The minimum absolute atomic E-state index is 0.608. The molecule has 0 saturated heterocycles. The Kier molecular flexibility index (Phi) is 6.61. The average Bonchev–Trinajstić information content (AvgIpc) is 2.74. The summed E-state index contributed by atoms with van der Waals surface area (Å²) in [6, 6.07) is 0. The lowest BCUT2D eigenvalue weighted by molar-refractivity contribution is 0.395. The molecule has 0 aliphatic rings. The fourth-order valence-electron chi connectivity index (χ4n) is 1.81. The van der Waals surface area contributed by atoms with Gasteiger partial charge in [0.1, 0.15) is 0 Å². The summed E-state index contributed by atoms with van der Waals surface area (Å²) in [4.78, 5) is 4.26. The maximum absolute atomic E-state index is 5.75. The van der Waals surface area contributed by atoms with Gasteiger partial charge >= 0.3 is 0 Å². The van der Waals surface area contributed by atoms with E-state index in [1.807, 2.05) is 11.6 Å². The van der Waals surface area contributed by atoms with Gasteiger partial charge in [-0.05, 0) is 31.3 Å². The van der Waals surface area contributed by atoms with Crippen LogP contribution in [0.3, 0.4) is 0 Å². The van der Waals surface area contributed by atoms with Crippen LogP contribution in [0.4, 0.5) is 0 Å². The van der Waals surface area contributed by atoms with E-state index in [-0.39, 0.29) is 0 Å². The first-order chi connectivity index (χ1) is 7.72. The van der Waals surface area contributed by atoms with Crippen molar-refractivity contribution in [2.24, 2.45) is 17.6 Å². The van der Waals surface area contributed by atoms with Gasteiger partial charge in [0.15, 0.2) is 0 Å². The molecule has 3 N–H and O–H groups in total. The van der Waals surface area contributed by atoms with E-state index in [1.54, 1.807) is 11.3 Å². The quantitative estimate of drug-likeness (QED) is 0.683. The molecule has 1 aromatic rings. The molecule has 0 fully saturated rings. The molecule has 1 unspecified atom stereocenters. The highest BCUT2D eigenvalue weighted by Gasteiger charge is 2.08. The van der Waals surface area contributed by atoms with E-state index >= 15 is 0 Å². The van der Waals surface area contributed by atoms with Gasteiger partial charge in [0, 0.05) is 24.5 Å². The number of nitrogens with one attached hydrogen (secondary N) is 1. The summed E-state index contributed by atoms with van der Waals surface area (Å²) in [6.07, 6.45) is 4.10. The lowest BCUT2D eigenvalue weighted by Crippen LogP contribution is -2.30. The van der Waals surface area contributed by atoms with Gasteiger partial charge in [0.25, 0.3) is 0 Å². The second-order valence-electron chi connectivity index (χ2n) is 4.61. The van der Waals surface area contributed by atoms with Gasteiger partial charge < -0.3 is 11.1 Å². The predicted molar refractivity (Wildman–Crippen MR) is 70.7 cm³/mol. The van der Waals surface area contributed by atoms with Gasteiger partial charge in [0.05, 0.1) is 5.01 Å². The molecule has 0 amide bonds. The topological polar surface area (TPSA) is 50.9 Å². The molecule has 0 aliphatic carbocycles. The molecule has 16 heavy (non-hydrogen) atoms. The van der Waals surface area contributed by atoms with E-state index in [1.165, 1.54) is 11.4 Å². The first-order valence-corrected chi connectivity index (χ1v) is 6.89. The third kappa shape index (κ3) is 5.58. The normalized spacial score (nSPS) is 13.2. The molecule has 1 heterocycles. The Morgan fingerprint density at radius 1 is 1.50 bits per heavy atom. The molecule has 3 nitrogen and oxygen atoms in total. The molecule has 92 valence electrons. The minimum Gasteiger partial charge on any atom is -0.330 e. The third-order valence-electron chi connectivity index (χ3n) is 2.57. The lowest BCUT2D eigenvalue weighted by atomic mass is 9.97. The summed E-state index contributed by atoms with van der Waals surface area (Å²) in [5, 5.41) is 6.70. The second kappa shape index (κ2) is 7.76. The zero-order valence-electron chi connectivity index (χ0n) is 10.3. The van der Waals surface area contributed by atoms with Crippen LogP contribution in [0, 0.1) is 11.8 Å². The van der Waals surface area contributed by atoms with Crippen molar-refractivity contribution in [3.63, 3.8) is 0 Å². The summed E-state index contributed by atoms with van der Waals surface area (Å²) < 4.78 is 0. The lowest BCUT2D eigenvalue weighted by Gasteiger charge is -2.17. The zero-order chi connectivity index (χ0) is 11.8. The molecule has 1 aromatic heterocycles. The van der Waals surface area contributed by atoms with E-state index in [0.717, 1.165) is 32.0 Å². The summed E-state index contributed by atoms with van der Waals surface area (Å²) in [7, 11) is 0. The third-order valence-corrected chi connectivity index (χ3v) is 3.41. The van der Waals surface area contributed by atoms with Crippen molar-refractivity contribution in [2.45, 2.75) is 26.7 Å². The minimum atomic E-state index is 0.608. The number of hydrogen-bond acceptors (Lipinski definition) is 4. The fraction of sp³-hybridized carbons (Fsp3) is 0.750. The largest absolute Gasteiger partial charge is 0.330 e. The molecule has 0 radical (unpaired) electrons. The van der Waals surface area contributed by atoms with Gasteiger partial charge in [0.2, 0.25) is 0 Å². The number of hydrogen-bond donors (Lipinski definition) is 2. The Balaban J connectivity index is 2.09. The number of aromatic nitrogens is 1. The highest BCUT2D eigenvalue weighted by Crippen LogP contribution is 2.09. The van der Waals surface area contributed by atoms with Crippen LogP contribution in [0.5, 0.6) is 0 Å². The van der Waals surface area contributed by atoms with Crippen LogP contribution in [-0.4, -0.2) is 24.6 Å². The smallest absolute Gasteiger partial charge is 0.0937 e. The Morgan fingerprint density at radius 3 is 2.88 bits per heavy atom. The number of thiazole rings is 1. The SMILES string of the molecule is CC(C)CC(CN)CNCCc1nccs1. The summed E-state index contributed by atoms with van der Waals surface area (Å²) >= 11 is 1.72. The first kappa shape index (κ1) is 13.6. The monoisotopic (exact) mass is 241 g/mol. The van der Waals surface area contributed by atoms with Crippen LogP contribution >= 0.6 is 11.3 Å². The van der Waals surface area contributed by atoms with E-state index in [4.69, 9.17) is 5.73 Å². The standard InChI is InChI=1S/C12H23N3S/c1-10(2)7-11(8-13)9-14-4-3-12-15-5-6-16-12/h5-6,10-11,14H,3-4,7-9,13H2,1-2H3. The van der Waals surface area contributed by atoms with Gasteiger partial charge in [-0.2, -0.15) is 0 Å². The van der Waals surface area contributed by atoms with Crippen molar-refractivity contribution >= 4 is 11.3 Å². The molecular formula is C12H23N3S. The van der Waals surface area contributed by atoms with Crippen molar-refractivity contribution in [3.8, 4) is 0 Å². The van der Waals surface area contributed by atoms with Gasteiger partial charge in [-0.1, -0.05) is 13.8 Å². The Labute approximate surface area is 102 Å². The molecule has 0 spiro atoms. The molecule has 0 bridgehead atoms. The maximum Gasteiger partial charge on any atom is 0.0937 e. The van der Waals surface area contributed by atoms with Crippen molar-refractivity contribution in [3.05, 3.63) is 16.6 Å². The number of nitrogens with two attached hydrogens (primary N) is 1. The zero-order valence-corrected chi connectivity index (χ0v) is 11.1. The summed E-state index contributed by atoms with van der Waals surface area (Å²) in [6.45, 7) is 7.31. The molecule has 0 saturated carbocycles. The molecule has 1 atom stereocenters. The van der Waals surface area contributed by atoms with Crippen LogP contribution in [0.25, 0.3) is 0 Å². The first-order valence-electron chi connectivity index (χ1n) is 6.01. The molecule has 0 aromatic carbocycles. The van der Waals surface area contributed by atoms with Crippen LogP contribution in [0.1, 0.15) is 25.3 Å². The number of rotatable bonds is 8. The molecule has 4 heteroatoms. The van der Waals surface area contributed by atoms with Gasteiger partial charge in [-0.15, -0.1) is 11.3 Å². The highest BCUT2D eigenvalue weighted by molar-refractivity contribution is 7.09. The van der Waals surface area contributed by atoms with Crippen molar-refractivity contribution in [1.82, 2.24) is 10.3 Å². The van der Waals surface area contributed by atoms with E-state index in [0.29, 0.717) is 5.92 Å². The maximum atomic E-state index is 5.75. The molecule has 0 aliphatic heterocycles.